The highest BCUT2D eigenvalue weighted by atomic mass is 32.1. The van der Waals surface area contributed by atoms with E-state index < -0.39 is 0 Å². The van der Waals surface area contributed by atoms with E-state index >= 15 is 0 Å². The van der Waals surface area contributed by atoms with Gasteiger partial charge in [0.2, 0.25) is 0 Å². The number of aryl methyl sites for hydroxylation is 1. The molecule has 0 atom stereocenters. The molecule has 2 rings (SSSR count). The molecule has 0 aromatic carbocycles. The van der Waals surface area contributed by atoms with Crippen LogP contribution in [0.3, 0.4) is 0 Å². The molecule has 2 heterocycles. The van der Waals surface area contributed by atoms with Crippen LogP contribution in [0.4, 0.5) is 0 Å². The fraction of sp³-hybridized carbons (Fsp3) is 0.375. The van der Waals surface area contributed by atoms with Gasteiger partial charge in [-0.05, 0) is 18.6 Å². The first-order valence-electron chi connectivity index (χ1n) is 4.33. The predicted octanol–water partition coefficient (Wildman–Crippen LogP) is 2.01. The number of H-pyrrole nitrogens is 1. The summed E-state index contributed by atoms with van der Waals surface area (Å²) in [6, 6.07) is 0. The summed E-state index contributed by atoms with van der Waals surface area (Å²) in [6.45, 7) is 2.83. The molecule has 0 aliphatic rings. The largest absolute Gasteiger partial charge is 0.300 e. The number of hydrogen-bond acceptors (Lipinski definition) is 4. The zero-order valence-corrected chi connectivity index (χ0v) is 9.36. The predicted molar refractivity (Wildman–Crippen MR) is 58.0 cm³/mol. The fourth-order valence-electron chi connectivity index (χ4n) is 1.11. The van der Waals surface area contributed by atoms with Gasteiger partial charge in [-0.1, -0.05) is 6.92 Å². The molecule has 14 heavy (non-hydrogen) atoms. The second-order valence-electron chi connectivity index (χ2n) is 2.86. The smallest absolute Gasteiger partial charge is 0.195 e. The van der Waals surface area contributed by atoms with Crippen LogP contribution in [0.1, 0.15) is 16.8 Å². The average molecular weight is 226 g/mol. The third-order valence-electron chi connectivity index (χ3n) is 1.87. The molecule has 0 amide bonds. The molecule has 6 heteroatoms. The highest BCUT2D eigenvalue weighted by molar-refractivity contribution is 7.71. The number of hydrogen-bond donors (Lipinski definition) is 1. The molecule has 0 saturated carbocycles. The first-order chi connectivity index (χ1) is 6.79. The monoisotopic (exact) mass is 226 g/mol. The van der Waals surface area contributed by atoms with E-state index in [0.717, 1.165) is 11.4 Å². The van der Waals surface area contributed by atoms with Gasteiger partial charge in [0.15, 0.2) is 4.77 Å². The number of rotatable bonds is 3. The highest BCUT2D eigenvalue weighted by Crippen LogP contribution is 2.14. The van der Waals surface area contributed by atoms with Crippen LogP contribution in [0, 0.1) is 4.77 Å². The van der Waals surface area contributed by atoms with E-state index in [1.807, 2.05) is 10.8 Å². The van der Waals surface area contributed by atoms with Crippen molar-refractivity contribution in [2.75, 3.05) is 0 Å². The van der Waals surface area contributed by atoms with Crippen LogP contribution in [-0.4, -0.2) is 19.7 Å². The zero-order chi connectivity index (χ0) is 9.97. The van der Waals surface area contributed by atoms with Crippen molar-refractivity contribution in [3.05, 3.63) is 27.2 Å². The molecule has 1 N–H and O–H groups in total. The third-order valence-corrected chi connectivity index (χ3v) is 3.33. The minimum absolute atomic E-state index is 0.637. The zero-order valence-electron chi connectivity index (χ0n) is 7.73. The summed E-state index contributed by atoms with van der Waals surface area (Å²) in [5.74, 6) is 0. The lowest BCUT2D eigenvalue weighted by Gasteiger charge is -1.95. The fourth-order valence-corrected chi connectivity index (χ4v) is 2.14. The number of aromatic nitrogens is 4. The Bertz CT molecular complexity index is 467. The maximum atomic E-state index is 5.04. The summed E-state index contributed by atoms with van der Waals surface area (Å²) >= 11 is 6.76. The van der Waals surface area contributed by atoms with Gasteiger partial charge >= 0.3 is 0 Å². The van der Waals surface area contributed by atoms with Gasteiger partial charge in [0, 0.05) is 11.1 Å². The molecule has 0 fully saturated rings. The Hall–Kier alpha value is -1.01. The Morgan fingerprint density at radius 1 is 1.64 bits per heavy atom. The van der Waals surface area contributed by atoms with Crippen LogP contribution in [0.5, 0.6) is 0 Å². The van der Waals surface area contributed by atoms with Crippen LogP contribution >= 0.6 is 23.6 Å². The summed E-state index contributed by atoms with van der Waals surface area (Å²) in [6.07, 6.45) is 4.65. The molecule has 0 saturated heterocycles. The van der Waals surface area contributed by atoms with Crippen molar-refractivity contribution in [3.63, 3.8) is 0 Å². The van der Waals surface area contributed by atoms with Crippen molar-refractivity contribution >= 4 is 23.6 Å². The van der Waals surface area contributed by atoms with Gasteiger partial charge in [-0.15, -0.1) is 11.3 Å². The summed E-state index contributed by atoms with van der Waals surface area (Å²) in [4.78, 5) is 5.61. The number of aromatic amines is 1. The van der Waals surface area contributed by atoms with Crippen molar-refractivity contribution < 1.29 is 0 Å². The van der Waals surface area contributed by atoms with E-state index in [2.05, 4.69) is 22.1 Å². The summed E-state index contributed by atoms with van der Waals surface area (Å²) < 4.78 is 2.51. The average Bonchev–Trinajstić information content (AvgIpc) is 2.77. The molecule has 0 aliphatic heterocycles. The molecular weight excluding hydrogens is 216 g/mol. The van der Waals surface area contributed by atoms with Gasteiger partial charge in [0.25, 0.3) is 0 Å². The molecule has 2 aromatic heterocycles. The maximum absolute atomic E-state index is 5.04. The second-order valence-corrected chi connectivity index (χ2v) is 4.45. The summed E-state index contributed by atoms with van der Waals surface area (Å²) in [5, 5.41) is 7.64. The van der Waals surface area contributed by atoms with E-state index in [4.69, 9.17) is 12.2 Å². The topological polar surface area (TPSA) is 46.5 Å². The Balaban J connectivity index is 2.19. The molecule has 0 aliphatic carbocycles. The van der Waals surface area contributed by atoms with E-state index in [-0.39, 0.29) is 0 Å². The second kappa shape index (κ2) is 4.02. The van der Waals surface area contributed by atoms with Gasteiger partial charge in [0.1, 0.15) is 11.3 Å². The number of nitrogens with one attached hydrogen (secondary N) is 1. The summed E-state index contributed by atoms with van der Waals surface area (Å²) in [7, 11) is 0. The molecular formula is C8H10N4S2. The molecule has 0 bridgehead atoms. The van der Waals surface area contributed by atoms with Crippen molar-refractivity contribution in [1.82, 2.24) is 19.7 Å². The van der Waals surface area contributed by atoms with Crippen LogP contribution < -0.4 is 0 Å². The van der Waals surface area contributed by atoms with Gasteiger partial charge in [-0.2, -0.15) is 5.10 Å². The Labute approximate surface area is 90.6 Å². The first kappa shape index (κ1) is 9.54. The molecule has 74 valence electrons. The van der Waals surface area contributed by atoms with E-state index in [1.165, 1.54) is 4.88 Å². The molecule has 0 spiro atoms. The number of thiazole rings is 1. The highest BCUT2D eigenvalue weighted by Gasteiger charge is 2.02. The van der Waals surface area contributed by atoms with E-state index in [0.29, 0.717) is 11.3 Å². The molecule has 2 aromatic rings. The minimum atomic E-state index is 0.637. The van der Waals surface area contributed by atoms with Crippen molar-refractivity contribution in [3.8, 4) is 0 Å². The van der Waals surface area contributed by atoms with Gasteiger partial charge in [-0.25, -0.2) is 4.98 Å². The quantitative estimate of drug-likeness (QED) is 0.814. The Morgan fingerprint density at radius 3 is 3.07 bits per heavy atom. The Morgan fingerprint density at radius 2 is 2.50 bits per heavy atom. The lowest BCUT2D eigenvalue weighted by atomic mass is 10.4. The van der Waals surface area contributed by atoms with Crippen LogP contribution in [0.2, 0.25) is 0 Å². The summed E-state index contributed by atoms with van der Waals surface area (Å²) in [5.41, 5.74) is 0. The van der Waals surface area contributed by atoms with E-state index in [1.54, 1.807) is 17.7 Å². The van der Waals surface area contributed by atoms with Crippen LogP contribution in [-0.2, 0) is 13.0 Å². The van der Waals surface area contributed by atoms with Gasteiger partial charge in [0.05, 0.1) is 6.54 Å². The maximum Gasteiger partial charge on any atom is 0.195 e. The molecule has 0 radical (unpaired) electrons. The molecule has 4 nitrogen and oxygen atoms in total. The van der Waals surface area contributed by atoms with Crippen LogP contribution in [0.25, 0.3) is 0 Å². The Kier molecular flexibility index (Phi) is 2.74. The first-order valence-corrected chi connectivity index (χ1v) is 5.55. The van der Waals surface area contributed by atoms with Gasteiger partial charge < -0.3 is 0 Å². The normalized spacial score (nSPS) is 10.6. The lowest BCUT2D eigenvalue weighted by Crippen LogP contribution is -1.96. The van der Waals surface area contributed by atoms with Crippen molar-refractivity contribution in [2.24, 2.45) is 0 Å². The van der Waals surface area contributed by atoms with Crippen LogP contribution in [0.15, 0.2) is 12.5 Å². The van der Waals surface area contributed by atoms with E-state index in [9.17, 15) is 0 Å². The minimum Gasteiger partial charge on any atom is -0.300 e. The standard InChI is InChI=1S/C8H10N4S2/c1-2-6-3-9-7(14-6)4-12-5-10-11-8(12)13/h3,5H,2,4H2,1H3,(H,11,13). The SMILES string of the molecule is CCc1cnc(Cn2cn[nH]c2=S)s1. The third kappa shape index (κ3) is 1.91. The molecule has 0 unspecified atom stereocenters. The lowest BCUT2D eigenvalue weighted by molar-refractivity contribution is 0.776. The van der Waals surface area contributed by atoms with Gasteiger partial charge in [-0.3, -0.25) is 9.67 Å². The van der Waals surface area contributed by atoms with Crippen molar-refractivity contribution in [1.29, 1.82) is 0 Å². The van der Waals surface area contributed by atoms with Crippen molar-refractivity contribution in [2.45, 2.75) is 19.9 Å². The number of nitrogens with zero attached hydrogens (tertiary/aromatic N) is 3.